The molecule has 0 spiro atoms. The molecule has 4 heteroatoms. The van der Waals surface area contributed by atoms with Gasteiger partial charge in [0, 0.05) is 15.4 Å². The molecule has 0 radical (unpaired) electrons. The van der Waals surface area contributed by atoms with Crippen LogP contribution in [0.2, 0.25) is 0 Å². The van der Waals surface area contributed by atoms with Gasteiger partial charge in [-0.05, 0) is 49.9 Å². The van der Waals surface area contributed by atoms with E-state index in [0.717, 1.165) is 14.6 Å². The summed E-state index contributed by atoms with van der Waals surface area (Å²) in [6.07, 6.45) is 0.535. The molecule has 0 atom stereocenters. The molecule has 1 aromatic rings. The molecule has 0 bridgehead atoms. The van der Waals surface area contributed by atoms with Crippen molar-refractivity contribution in [3.8, 4) is 0 Å². The van der Waals surface area contributed by atoms with E-state index < -0.39 is 0 Å². The van der Waals surface area contributed by atoms with E-state index in [1.807, 2.05) is 32.0 Å². The van der Waals surface area contributed by atoms with Gasteiger partial charge in [0.2, 0.25) is 5.91 Å². The van der Waals surface area contributed by atoms with Crippen LogP contribution in [0.3, 0.4) is 0 Å². The molecule has 0 unspecified atom stereocenters. The Kier molecular flexibility index (Phi) is 4.80. The number of amides is 1. The fraction of sp³-hybridized carbons (Fsp3) is 0.364. The van der Waals surface area contributed by atoms with Crippen LogP contribution in [0.1, 0.15) is 20.3 Å². The van der Waals surface area contributed by atoms with Crippen molar-refractivity contribution in [2.45, 2.75) is 20.3 Å². The number of carbonyl (C=O) groups is 1. The van der Waals surface area contributed by atoms with Gasteiger partial charge in [-0.25, -0.2) is 0 Å². The third-order valence-electron chi connectivity index (χ3n) is 1.82. The average Bonchev–Trinajstić information content (AvgIpc) is 2.10. The highest BCUT2D eigenvalue weighted by Gasteiger charge is 2.09. The number of anilines is 1. The molecular formula is C11H13Br2NO. The van der Waals surface area contributed by atoms with Crippen LogP contribution in [0.25, 0.3) is 0 Å². The van der Waals surface area contributed by atoms with Gasteiger partial charge < -0.3 is 5.32 Å². The van der Waals surface area contributed by atoms with Crippen molar-refractivity contribution in [1.82, 2.24) is 0 Å². The molecule has 2 nitrogen and oxygen atoms in total. The Morgan fingerprint density at radius 3 is 2.33 bits per heavy atom. The Bertz CT molecular complexity index is 343. The molecule has 1 amide bonds. The van der Waals surface area contributed by atoms with E-state index in [9.17, 15) is 4.79 Å². The van der Waals surface area contributed by atoms with Crippen LogP contribution in [0.4, 0.5) is 5.69 Å². The second kappa shape index (κ2) is 5.66. The molecule has 1 aromatic carbocycles. The van der Waals surface area contributed by atoms with Gasteiger partial charge in [0.25, 0.3) is 0 Å². The van der Waals surface area contributed by atoms with Crippen molar-refractivity contribution < 1.29 is 4.79 Å². The van der Waals surface area contributed by atoms with Crippen LogP contribution in [0.15, 0.2) is 27.1 Å². The van der Waals surface area contributed by atoms with Crippen LogP contribution in [0, 0.1) is 5.92 Å². The lowest BCUT2D eigenvalue weighted by Gasteiger charge is -2.10. The third-order valence-corrected chi connectivity index (χ3v) is 3.14. The topological polar surface area (TPSA) is 29.1 Å². The Balaban J connectivity index is 2.76. The van der Waals surface area contributed by atoms with Crippen molar-refractivity contribution in [2.24, 2.45) is 5.92 Å². The van der Waals surface area contributed by atoms with Gasteiger partial charge in [-0.2, -0.15) is 0 Å². The van der Waals surface area contributed by atoms with Gasteiger partial charge in [0.05, 0.1) is 5.69 Å². The van der Waals surface area contributed by atoms with E-state index in [4.69, 9.17) is 0 Å². The summed E-state index contributed by atoms with van der Waals surface area (Å²) in [4.78, 5) is 11.6. The maximum atomic E-state index is 11.6. The quantitative estimate of drug-likeness (QED) is 0.882. The Hall–Kier alpha value is -0.350. The zero-order chi connectivity index (χ0) is 11.4. The van der Waals surface area contributed by atoms with Crippen molar-refractivity contribution in [3.63, 3.8) is 0 Å². The molecule has 0 aliphatic carbocycles. The molecule has 82 valence electrons. The summed E-state index contributed by atoms with van der Waals surface area (Å²) in [6.45, 7) is 4.04. The predicted molar refractivity (Wildman–Crippen MR) is 69.9 cm³/mol. The molecule has 0 fully saturated rings. The minimum Gasteiger partial charge on any atom is -0.324 e. The smallest absolute Gasteiger partial charge is 0.224 e. The molecule has 0 saturated heterocycles. The summed E-state index contributed by atoms with van der Waals surface area (Å²) in [5, 5.41) is 2.88. The number of nitrogens with one attached hydrogen (secondary N) is 1. The predicted octanol–water partition coefficient (Wildman–Crippen LogP) is 4.20. The highest BCUT2D eigenvalue weighted by atomic mass is 79.9. The second-order valence-corrected chi connectivity index (χ2v) is 5.45. The van der Waals surface area contributed by atoms with E-state index in [1.165, 1.54) is 0 Å². The molecule has 15 heavy (non-hydrogen) atoms. The first-order chi connectivity index (χ1) is 7.00. The zero-order valence-electron chi connectivity index (χ0n) is 8.68. The van der Waals surface area contributed by atoms with Crippen LogP contribution >= 0.6 is 31.9 Å². The van der Waals surface area contributed by atoms with Crippen molar-refractivity contribution in [3.05, 3.63) is 27.1 Å². The molecule has 0 aromatic heterocycles. The first-order valence-corrected chi connectivity index (χ1v) is 6.33. The minimum absolute atomic E-state index is 0.0394. The molecule has 0 heterocycles. The largest absolute Gasteiger partial charge is 0.324 e. The fourth-order valence-corrected chi connectivity index (χ4v) is 2.38. The number of hydrogen-bond donors (Lipinski definition) is 1. The first kappa shape index (κ1) is 12.7. The van der Waals surface area contributed by atoms with Crippen molar-refractivity contribution in [1.29, 1.82) is 0 Å². The van der Waals surface area contributed by atoms with E-state index in [2.05, 4.69) is 37.2 Å². The van der Waals surface area contributed by atoms with Gasteiger partial charge in [0.15, 0.2) is 0 Å². The Morgan fingerprint density at radius 1 is 1.33 bits per heavy atom. The maximum Gasteiger partial charge on any atom is 0.224 e. The molecular weight excluding hydrogens is 322 g/mol. The number of carbonyl (C=O) groups excluding carboxylic acids is 1. The highest BCUT2D eigenvalue weighted by molar-refractivity contribution is 9.11. The monoisotopic (exact) mass is 333 g/mol. The summed E-state index contributed by atoms with van der Waals surface area (Å²) in [5.74, 6) is 0.406. The normalized spacial score (nSPS) is 10.5. The standard InChI is InChI=1S/C11H13Br2NO/c1-7(2)6-10(15)14-11-8(12)4-3-5-9(11)13/h3-5,7H,6H2,1-2H3,(H,14,15). The van der Waals surface area contributed by atoms with Gasteiger partial charge in [0.1, 0.15) is 0 Å². The average molecular weight is 335 g/mol. The Morgan fingerprint density at radius 2 is 1.87 bits per heavy atom. The maximum absolute atomic E-state index is 11.6. The van der Waals surface area contributed by atoms with E-state index in [0.29, 0.717) is 12.3 Å². The van der Waals surface area contributed by atoms with Crippen molar-refractivity contribution in [2.75, 3.05) is 5.32 Å². The number of para-hydroxylation sites is 1. The summed E-state index contributed by atoms with van der Waals surface area (Å²) >= 11 is 6.79. The molecule has 0 aliphatic heterocycles. The zero-order valence-corrected chi connectivity index (χ0v) is 11.9. The van der Waals surface area contributed by atoms with Crippen LogP contribution in [0.5, 0.6) is 0 Å². The summed E-state index contributed by atoms with van der Waals surface area (Å²) < 4.78 is 1.77. The highest BCUT2D eigenvalue weighted by Crippen LogP contribution is 2.30. The summed E-state index contributed by atoms with van der Waals surface area (Å²) in [7, 11) is 0. The number of rotatable bonds is 3. The van der Waals surface area contributed by atoms with E-state index in [1.54, 1.807) is 0 Å². The number of halogens is 2. The summed E-state index contributed by atoms with van der Waals surface area (Å²) in [5.41, 5.74) is 0.795. The van der Waals surface area contributed by atoms with Crippen molar-refractivity contribution >= 4 is 43.5 Å². The molecule has 1 rings (SSSR count). The summed E-state index contributed by atoms with van der Waals surface area (Å²) in [6, 6.07) is 5.71. The number of hydrogen-bond acceptors (Lipinski definition) is 1. The van der Waals surface area contributed by atoms with Crippen LogP contribution in [-0.2, 0) is 4.79 Å². The fourth-order valence-electron chi connectivity index (χ4n) is 1.18. The molecule has 1 N–H and O–H groups in total. The lowest BCUT2D eigenvalue weighted by Crippen LogP contribution is -2.14. The van der Waals surface area contributed by atoms with Crippen LogP contribution < -0.4 is 5.32 Å². The SMILES string of the molecule is CC(C)CC(=O)Nc1c(Br)cccc1Br. The van der Waals surface area contributed by atoms with Crippen LogP contribution in [-0.4, -0.2) is 5.91 Å². The number of benzene rings is 1. The molecule has 0 saturated carbocycles. The third kappa shape index (κ3) is 3.95. The van der Waals surface area contributed by atoms with E-state index in [-0.39, 0.29) is 5.91 Å². The lowest BCUT2D eigenvalue weighted by molar-refractivity contribution is -0.116. The second-order valence-electron chi connectivity index (χ2n) is 3.74. The van der Waals surface area contributed by atoms with Gasteiger partial charge in [-0.15, -0.1) is 0 Å². The van der Waals surface area contributed by atoms with E-state index >= 15 is 0 Å². The minimum atomic E-state index is 0.0394. The van der Waals surface area contributed by atoms with Gasteiger partial charge in [-0.3, -0.25) is 4.79 Å². The van der Waals surface area contributed by atoms with Gasteiger partial charge in [-0.1, -0.05) is 19.9 Å². The van der Waals surface area contributed by atoms with Gasteiger partial charge >= 0.3 is 0 Å². The first-order valence-electron chi connectivity index (χ1n) is 4.74. The lowest BCUT2D eigenvalue weighted by atomic mass is 10.1. The molecule has 0 aliphatic rings. The Labute approximate surface area is 107 Å².